The van der Waals surface area contributed by atoms with Gasteiger partial charge in [0.1, 0.15) is 17.6 Å². The first kappa shape index (κ1) is 19.7. The van der Waals surface area contributed by atoms with Crippen molar-refractivity contribution >= 4 is 23.2 Å². The Labute approximate surface area is 182 Å². The fraction of sp³-hybridized carbons (Fsp3) is 0.458. The number of fused-ring (bicyclic) bond motifs is 3. The molecule has 0 spiro atoms. The zero-order chi connectivity index (χ0) is 20.8. The molecule has 30 heavy (non-hydrogen) atoms. The van der Waals surface area contributed by atoms with E-state index in [-0.39, 0.29) is 12.0 Å². The third-order valence-electron chi connectivity index (χ3n) is 6.97. The summed E-state index contributed by atoms with van der Waals surface area (Å²) in [7, 11) is 3.87. The molecule has 0 radical (unpaired) electrons. The lowest BCUT2D eigenvalue weighted by Crippen LogP contribution is -2.43. The molecule has 2 aromatic carbocycles. The van der Waals surface area contributed by atoms with Gasteiger partial charge in [-0.15, -0.1) is 0 Å². The van der Waals surface area contributed by atoms with Gasteiger partial charge in [0.15, 0.2) is 0 Å². The SMILES string of the molecule is COc1ccc2c(c1)CCN(c1ccc(O[C@@H]3C[C@H]4CC[C@@H](C3)N4C)c(Cl)c1)C2=O. The summed E-state index contributed by atoms with van der Waals surface area (Å²) in [6, 6.07) is 12.6. The number of ether oxygens (including phenoxy) is 2. The largest absolute Gasteiger partial charge is 0.497 e. The molecule has 6 heteroatoms. The quantitative estimate of drug-likeness (QED) is 0.719. The highest BCUT2D eigenvalue weighted by atomic mass is 35.5. The Hall–Kier alpha value is -2.24. The van der Waals surface area contributed by atoms with Gasteiger partial charge >= 0.3 is 0 Å². The van der Waals surface area contributed by atoms with E-state index in [4.69, 9.17) is 21.1 Å². The Morgan fingerprint density at radius 3 is 2.53 bits per heavy atom. The normalized spacial score (nSPS) is 25.9. The standard InChI is InChI=1S/C24H27ClN2O3/c1-26-16-3-4-17(26)13-20(12-16)30-23-8-5-18(14-22(23)25)27-10-9-15-11-19(29-2)6-7-21(15)24(27)28/h5-8,11,14,16-17,20H,3-4,9-10,12-13H2,1-2H3/t16-,17+,20-. The highest BCUT2D eigenvalue weighted by molar-refractivity contribution is 6.32. The summed E-state index contributed by atoms with van der Waals surface area (Å²) in [4.78, 5) is 17.3. The molecular weight excluding hydrogens is 400 g/mol. The number of hydrogen-bond donors (Lipinski definition) is 0. The fourth-order valence-electron chi connectivity index (χ4n) is 5.23. The molecule has 5 rings (SSSR count). The van der Waals surface area contributed by atoms with Gasteiger partial charge in [-0.25, -0.2) is 0 Å². The van der Waals surface area contributed by atoms with Crippen LogP contribution in [-0.2, 0) is 6.42 Å². The van der Waals surface area contributed by atoms with Gasteiger partial charge in [0.2, 0.25) is 0 Å². The Kier molecular flexibility index (Phi) is 5.11. The molecule has 2 saturated heterocycles. The molecule has 3 aliphatic rings. The van der Waals surface area contributed by atoms with Crippen LogP contribution in [0.5, 0.6) is 11.5 Å². The lowest BCUT2D eigenvalue weighted by molar-refractivity contribution is 0.0662. The number of rotatable bonds is 4. The summed E-state index contributed by atoms with van der Waals surface area (Å²) in [6.07, 6.45) is 5.62. The maximum atomic E-state index is 13.0. The molecule has 3 aliphatic heterocycles. The maximum absolute atomic E-state index is 13.0. The van der Waals surface area contributed by atoms with Gasteiger partial charge in [-0.3, -0.25) is 4.79 Å². The van der Waals surface area contributed by atoms with Crippen LogP contribution in [0, 0.1) is 0 Å². The average molecular weight is 427 g/mol. The van der Waals surface area contributed by atoms with Gasteiger partial charge in [-0.1, -0.05) is 11.6 Å². The maximum Gasteiger partial charge on any atom is 0.258 e. The van der Waals surface area contributed by atoms with E-state index in [1.54, 1.807) is 12.0 Å². The van der Waals surface area contributed by atoms with Gasteiger partial charge in [0.05, 0.1) is 12.1 Å². The number of benzene rings is 2. The van der Waals surface area contributed by atoms with Crippen LogP contribution in [0.25, 0.3) is 0 Å². The molecule has 5 nitrogen and oxygen atoms in total. The number of halogens is 1. The molecule has 0 aliphatic carbocycles. The third-order valence-corrected chi connectivity index (χ3v) is 7.26. The number of hydrogen-bond acceptors (Lipinski definition) is 4. The summed E-state index contributed by atoms with van der Waals surface area (Å²) >= 11 is 6.58. The topological polar surface area (TPSA) is 42.0 Å². The van der Waals surface area contributed by atoms with Crippen LogP contribution in [-0.4, -0.2) is 49.7 Å². The monoisotopic (exact) mass is 426 g/mol. The summed E-state index contributed by atoms with van der Waals surface area (Å²) in [5.74, 6) is 1.49. The number of carbonyl (C=O) groups excluding carboxylic acids is 1. The van der Waals surface area contributed by atoms with Crippen molar-refractivity contribution in [1.29, 1.82) is 0 Å². The highest BCUT2D eigenvalue weighted by Crippen LogP contribution is 2.38. The second-order valence-corrected chi connectivity index (χ2v) is 9.01. The molecule has 2 fully saturated rings. The van der Waals surface area contributed by atoms with Crippen LogP contribution in [0.2, 0.25) is 5.02 Å². The van der Waals surface area contributed by atoms with Crippen molar-refractivity contribution in [3.05, 3.63) is 52.5 Å². The molecule has 3 heterocycles. The number of carbonyl (C=O) groups is 1. The fourth-order valence-corrected chi connectivity index (χ4v) is 5.45. The molecule has 0 aromatic heterocycles. The minimum atomic E-state index is -0.00414. The predicted octanol–water partition coefficient (Wildman–Crippen LogP) is 4.56. The molecule has 2 aromatic rings. The highest BCUT2D eigenvalue weighted by Gasteiger charge is 2.39. The van der Waals surface area contributed by atoms with Crippen LogP contribution in [0.4, 0.5) is 5.69 Å². The van der Waals surface area contributed by atoms with Crippen molar-refractivity contribution in [2.75, 3.05) is 25.6 Å². The van der Waals surface area contributed by atoms with Crippen molar-refractivity contribution in [3.8, 4) is 11.5 Å². The number of amides is 1. The van der Waals surface area contributed by atoms with Crippen molar-refractivity contribution in [3.63, 3.8) is 0 Å². The number of nitrogens with zero attached hydrogens (tertiary/aromatic N) is 2. The van der Waals surface area contributed by atoms with Crippen molar-refractivity contribution < 1.29 is 14.3 Å². The molecule has 2 bridgehead atoms. The van der Waals surface area contributed by atoms with Crippen LogP contribution in [0.1, 0.15) is 41.6 Å². The minimum absolute atomic E-state index is 0.00414. The first-order valence-electron chi connectivity index (χ1n) is 10.7. The van der Waals surface area contributed by atoms with Crippen LogP contribution >= 0.6 is 11.6 Å². The van der Waals surface area contributed by atoms with E-state index >= 15 is 0 Å². The van der Waals surface area contributed by atoms with Gasteiger partial charge < -0.3 is 19.3 Å². The second-order valence-electron chi connectivity index (χ2n) is 8.61. The zero-order valence-electron chi connectivity index (χ0n) is 17.4. The van der Waals surface area contributed by atoms with Gasteiger partial charge in [-0.2, -0.15) is 0 Å². The summed E-state index contributed by atoms with van der Waals surface area (Å²) in [5.41, 5.74) is 2.56. The van der Waals surface area contributed by atoms with Crippen molar-refractivity contribution in [2.24, 2.45) is 0 Å². The number of piperidine rings is 1. The Morgan fingerprint density at radius 2 is 1.83 bits per heavy atom. The zero-order valence-corrected chi connectivity index (χ0v) is 18.2. The molecule has 158 valence electrons. The summed E-state index contributed by atoms with van der Waals surface area (Å²) in [5, 5.41) is 0.562. The van der Waals surface area contributed by atoms with E-state index in [0.717, 1.165) is 41.8 Å². The van der Waals surface area contributed by atoms with E-state index < -0.39 is 0 Å². The van der Waals surface area contributed by atoms with E-state index in [9.17, 15) is 4.79 Å². The summed E-state index contributed by atoms with van der Waals surface area (Å²) in [6.45, 7) is 0.619. The third kappa shape index (κ3) is 3.44. The molecule has 3 atom stereocenters. The molecule has 0 unspecified atom stereocenters. The summed E-state index contributed by atoms with van der Waals surface area (Å²) < 4.78 is 11.6. The lowest BCUT2D eigenvalue weighted by atomic mass is 9.98. The molecule has 0 saturated carbocycles. The second kappa shape index (κ2) is 7.78. The van der Waals surface area contributed by atoms with Crippen LogP contribution < -0.4 is 14.4 Å². The average Bonchev–Trinajstić information content (AvgIpc) is 2.96. The van der Waals surface area contributed by atoms with Crippen molar-refractivity contribution in [2.45, 2.75) is 50.3 Å². The van der Waals surface area contributed by atoms with E-state index in [1.807, 2.05) is 36.4 Å². The molecule has 1 amide bonds. The Morgan fingerprint density at radius 1 is 1.07 bits per heavy atom. The number of methoxy groups -OCH3 is 1. The van der Waals surface area contributed by atoms with Gasteiger partial charge in [-0.05, 0) is 81.1 Å². The van der Waals surface area contributed by atoms with Gasteiger partial charge in [0, 0.05) is 29.9 Å². The van der Waals surface area contributed by atoms with Crippen molar-refractivity contribution in [1.82, 2.24) is 4.90 Å². The van der Waals surface area contributed by atoms with Crippen LogP contribution in [0.3, 0.4) is 0 Å². The van der Waals surface area contributed by atoms with E-state index in [0.29, 0.717) is 29.4 Å². The molecular formula is C24H27ClN2O3. The Bertz CT molecular complexity index is 965. The lowest BCUT2D eigenvalue weighted by Gasteiger charge is -2.36. The van der Waals surface area contributed by atoms with Crippen LogP contribution in [0.15, 0.2) is 36.4 Å². The first-order valence-corrected chi connectivity index (χ1v) is 11.1. The van der Waals surface area contributed by atoms with E-state index in [2.05, 4.69) is 11.9 Å². The first-order chi connectivity index (χ1) is 14.5. The van der Waals surface area contributed by atoms with E-state index in [1.165, 1.54) is 12.8 Å². The van der Waals surface area contributed by atoms with Gasteiger partial charge in [0.25, 0.3) is 5.91 Å². The Balaban J connectivity index is 1.32. The smallest absolute Gasteiger partial charge is 0.258 e. The minimum Gasteiger partial charge on any atom is -0.497 e. The number of anilines is 1. The molecule has 0 N–H and O–H groups in total. The predicted molar refractivity (Wildman–Crippen MR) is 118 cm³/mol.